The Morgan fingerprint density at radius 2 is 2.06 bits per heavy atom. The molecule has 1 atom stereocenters. The predicted octanol–water partition coefficient (Wildman–Crippen LogP) is 3.90. The van der Waals surface area contributed by atoms with E-state index in [1.807, 2.05) is 25.1 Å². The molecular weight excluding hydrogens is 290 g/mol. The second-order valence-corrected chi connectivity index (χ2v) is 6.23. The van der Waals surface area contributed by atoms with E-state index in [0.29, 0.717) is 6.61 Å². The Balaban J connectivity index is 2.75. The Labute approximate surface area is 118 Å². The Morgan fingerprint density at radius 1 is 1.39 bits per heavy atom. The first-order chi connectivity index (χ1) is 8.29. The van der Waals surface area contributed by atoms with E-state index < -0.39 is 0 Å². The molecule has 0 heterocycles. The highest BCUT2D eigenvalue weighted by Gasteiger charge is 2.08. The van der Waals surface area contributed by atoms with E-state index in [1.165, 1.54) is 0 Å². The Morgan fingerprint density at radius 3 is 2.61 bits per heavy atom. The van der Waals surface area contributed by atoms with Crippen molar-refractivity contribution < 1.29 is 4.74 Å². The van der Waals surface area contributed by atoms with Crippen molar-refractivity contribution >= 4 is 15.9 Å². The van der Waals surface area contributed by atoms with Crippen molar-refractivity contribution in [3.05, 3.63) is 28.2 Å². The fraction of sp³-hybridized carbons (Fsp3) is 0.467. The van der Waals surface area contributed by atoms with Crippen LogP contribution in [0.1, 0.15) is 39.3 Å². The number of hydrogen-bond donors (Lipinski definition) is 1. The molecular formula is C15H20BrNO. The fourth-order valence-corrected chi connectivity index (χ4v) is 1.80. The maximum atomic E-state index is 5.92. The molecule has 0 saturated carbocycles. The molecule has 0 aliphatic carbocycles. The van der Waals surface area contributed by atoms with Gasteiger partial charge in [-0.3, -0.25) is 0 Å². The normalized spacial score (nSPS) is 12.6. The lowest BCUT2D eigenvalue weighted by Gasteiger charge is -2.13. The summed E-state index contributed by atoms with van der Waals surface area (Å²) in [5.41, 5.74) is 6.91. The van der Waals surface area contributed by atoms with Crippen molar-refractivity contribution in [1.29, 1.82) is 0 Å². The molecule has 0 saturated heterocycles. The molecule has 0 fully saturated rings. The maximum Gasteiger partial charge on any atom is 0.149 e. The average Bonchev–Trinajstić information content (AvgIpc) is 2.24. The average molecular weight is 310 g/mol. The fourth-order valence-electron chi connectivity index (χ4n) is 1.42. The zero-order valence-electron chi connectivity index (χ0n) is 11.4. The van der Waals surface area contributed by atoms with Gasteiger partial charge in [0, 0.05) is 21.5 Å². The van der Waals surface area contributed by atoms with Gasteiger partial charge in [-0.25, -0.2) is 0 Å². The third-order valence-corrected chi connectivity index (χ3v) is 2.72. The molecule has 0 aromatic heterocycles. The van der Waals surface area contributed by atoms with Crippen molar-refractivity contribution in [2.24, 2.45) is 11.1 Å². The second kappa shape index (κ2) is 6.26. The second-order valence-electron chi connectivity index (χ2n) is 5.31. The number of hydrogen-bond acceptors (Lipinski definition) is 2. The Kier molecular flexibility index (Phi) is 5.25. The first-order valence-corrected chi connectivity index (χ1v) is 6.77. The van der Waals surface area contributed by atoms with Crippen molar-refractivity contribution in [2.75, 3.05) is 6.61 Å². The SMILES string of the molecule is C[C@@H](N)c1cc(Br)ccc1OCC#CC(C)(C)C. The quantitative estimate of drug-likeness (QED) is 0.860. The molecule has 0 amide bonds. The summed E-state index contributed by atoms with van der Waals surface area (Å²) in [6, 6.07) is 5.78. The van der Waals surface area contributed by atoms with Gasteiger partial charge in [0.15, 0.2) is 0 Å². The zero-order valence-corrected chi connectivity index (χ0v) is 13.0. The van der Waals surface area contributed by atoms with Crippen molar-refractivity contribution in [3.63, 3.8) is 0 Å². The topological polar surface area (TPSA) is 35.2 Å². The molecule has 0 radical (unpaired) electrons. The summed E-state index contributed by atoms with van der Waals surface area (Å²) >= 11 is 3.43. The Bertz CT molecular complexity index is 464. The van der Waals surface area contributed by atoms with E-state index in [9.17, 15) is 0 Å². The maximum absolute atomic E-state index is 5.92. The van der Waals surface area contributed by atoms with E-state index in [-0.39, 0.29) is 11.5 Å². The third-order valence-electron chi connectivity index (χ3n) is 2.23. The summed E-state index contributed by atoms with van der Waals surface area (Å²) in [7, 11) is 0. The highest BCUT2D eigenvalue weighted by molar-refractivity contribution is 9.10. The van der Waals surface area contributed by atoms with Gasteiger partial charge in [-0.2, -0.15) is 0 Å². The zero-order chi connectivity index (χ0) is 13.8. The molecule has 98 valence electrons. The smallest absolute Gasteiger partial charge is 0.149 e. The van der Waals surface area contributed by atoms with Crippen LogP contribution < -0.4 is 10.5 Å². The molecule has 0 aliphatic rings. The summed E-state index contributed by atoms with van der Waals surface area (Å²) in [5, 5.41) is 0. The van der Waals surface area contributed by atoms with Gasteiger partial charge in [0.2, 0.25) is 0 Å². The molecule has 1 aromatic carbocycles. The summed E-state index contributed by atoms with van der Waals surface area (Å²) in [6.45, 7) is 8.56. The molecule has 18 heavy (non-hydrogen) atoms. The molecule has 1 aromatic rings. The van der Waals surface area contributed by atoms with Crippen LogP contribution in [0.2, 0.25) is 0 Å². The lowest BCUT2D eigenvalue weighted by atomic mass is 9.98. The molecule has 0 spiro atoms. The van der Waals surface area contributed by atoms with Crippen LogP contribution in [0.15, 0.2) is 22.7 Å². The molecule has 0 unspecified atom stereocenters. The van der Waals surface area contributed by atoms with Gasteiger partial charge in [0.1, 0.15) is 12.4 Å². The number of halogens is 1. The molecule has 3 heteroatoms. The van der Waals surface area contributed by atoms with Gasteiger partial charge < -0.3 is 10.5 Å². The molecule has 2 nitrogen and oxygen atoms in total. The van der Waals surface area contributed by atoms with E-state index in [4.69, 9.17) is 10.5 Å². The van der Waals surface area contributed by atoms with Crippen LogP contribution in [-0.4, -0.2) is 6.61 Å². The van der Waals surface area contributed by atoms with Crippen molar-refractivity contribution in [3.8, 4) is 17.6 Å². The number of benzene rings is 1. The minimum absolute atomic E-state index is 0.00701. The summed E-state index contributed by atoms with van der Waals surface area (Å²) < 4.78 is 6.68. The molecule has 0 aliphatic heterocycles. The minimum atomic E-state index is -0.0620. The lowest BCUT2D eigenvalue weighted by Crippen LogP contribution is -2.08. The summed E-state index contributed by atoms with van der Waals surface area (Å²) in [5.74, 6) is 6.97. The first-order valence-electron chi connectivity index (χ1n) is 5.97. The van der Waals surface area contributed by atoms with Gasteiger partial charge in [-0.15, -0.1) is 0 Å². The molecule has 0 bridgehead atoms. The van der Waals surface area contributed by atoms with Crippen LogP contribution in [0.25, 0.3) is 0 Å². The monoisotopic (exact) mass is 309 g/mol. The van der Waals surface area contributed by atoms with Crippen LogP contribution in [-0.2, 0) is 0 Å². The van der Waals surface area contributed by atoms with E-state index in [1.54, 1.807) is 0 Å². The highest BCUT2D eigenvalue weighted by Crippen LogP contribution is 2.27. The first kappa shape index (κ1) is 15.1. The van der Waals surface area contributed by atoms with Crippen molar-refractivity contribution in [1.82, 2.24) is 0 Å². The van der Waals surface area contributed by atoms with Gasteiger partial charge in [-0.1, -0.05) is 27.8 Å². The van der Waals surface area contributed by atoms with Gasteiger partial charge in [-0.05, 0) is 45.9 Å². The summed E-state index contributed by atoms with van der Waals surface area (Å²) in [6.07, 6.45) is 0. The lowest BCUT2D eigenvalue weighted by molar-refractivity contribution is 0.363. The van der Waals surface area contributed by atoms with E-state index in [0.717, 1.165) is 15.8 Å². The summed E-state index contributed by atoms with van der Waals surface area (Å²) in [4.78, 5) is 0. The Hall–Kier alpha value is -0.980. The van der Waals surface area contributed by atoms with E-state index in [2.05, 4.69) is 48.5 Å². The predicted molar refractivity (Wildman–Crippen MR) is 79.5 cm³/mol. The minimum Gasteiger partial charge on any atom is -0.481 e. The van der Waals surface area contributed by atoms with Crippen LogP contribution in [0.3, 0.4) is 0 Å². The highest BCUT2D eigenvalue weighted by atomic mass is 79.9. The standard InChI is InChI=1S/C15H20BrNO/c1-11(17)13-10-12(16)6-7-14(13)18-9-5-8-15(2,3)4/h6-7,10-11H,9,17H2,1-4H3/t11-/m1/s1. The van der Waals surface area contributed by atoms with Gasteiger partial charge >= 0.3 is 0 Å². The number of nitrogens with two attached hydrogens (primary N) is 1. The van der Waals surface area contributed by atoms with Crippen molar-refractivity contribution in [2.45, 2.75) is 33.7 Å². The van der Waals surface area contributed by atoms with E-state index >= 15 is 0 Å². The van der Waals surface area contributed by atoms with Crippen LogP contribution in [0.5, 0.6) is 5.75 Å². The van der Waals surface area contributed by atoms with Crippen LogP contribution in [0, 0.1) is 17.3 Å². The molecule has 2 N–H and O–H groups in total. The number of rotatable bonds is 3. The van der Waals surface area contributed by atoms with Crippen LogP contribution >= 0.6 is 15.9 Å². The third kappa shape index (κ3) is 5.12. The van der Waals surface area contributed by atoms with Gasteiger partial charge in [0.25, 0.3) is 0 Å². The number of ether oxygens (including phenoxy) is 1. The van der Waals surface area contributed by atoms with Crippen LogP contribution in [0.4, 0.5) is 0 Å². The largest absolute Gasteiger partial charge is 0.481 e. The molecule has 1 rings (SSSR count). The van der Waals surface area contributed by atoms with Gasteiger partial charge in [0.05, 0.1) is 0 Å².